The molecule has 0 aromatic heterocycles. The second kappa shape index (κ2) is 9.42. The number of thioether (sulfide) groups is 1. The van der Waals surface area contributed by atoms with Crippen LogP contribution < -0.4 is 5.32 Å². The lowest BCUT2D eigenvalue weighted by Crippen LogP contribution is -2.31. The fraction of sp³-hybridized carbons (Fsp3) is 0.190. The minimum Gasteiger partial charge on any atom is -0.325 e. The summed E-state index contributed by atoms with van der Waals surface area (Å²) >= 11 is 12.0. The Bertz CT molecular complexity index is 1070. The van der Waals surface area contributed by atoms with Crippen molar-refractivity contribution >= 4 is 63.5 Å². The Kier molecular flexibility index (Phi) is 7.08. The fourth-order valence-electron chi connectivity index (χ4n) is 2.79. The molecule has 0 saturated carbocycles. The number of anilines is 1. The van der Waals surface area contributed by atoms with E-state index >= 15 is 0 Å². The van der Waals surface area contributed by atoms with Crippen LogP contribution in [0.5, 0.6) is 0 Å². The van der Waals surface area contributed by atoms with Crippen LogP contribution in [0.3, 0.4) is 0 Å². The van der Waals surface area contributed by atoms with Crippen molar-refractivity contribution in [3.8, 4) is 0 Å². The van der Waals surface area contributed by atoms with E-state index in [1.807, 2.05) is 31.2 Å². The number of alkyl halides is 3. The quantitative estimate of drug-likeness (QED) is 0.424. The van der Waals surface area contributed by atoms with Crippen LogP contribution in [0.25, 0.3) is 6.08 Å². The number of hydrogen-bond acceptors (Lipinski definition) is 4. The molecule has 2 amide bonds. The van der Waals surface area contributed by atoms with Crippen LogP contribution >= 0.6 is 35.6 Å². The van der Waals surface area contributed by atoms with Gasteiger partial charge < -0.3 is 5.32 Å². The molecule has 1 aliphatic rings. The normalized spacial score (nSPS) is 15.6. The van der Waals surface area contributed by atoms with Crippen LogP contribution in [0.2, 0.25) is 5.02 Å². The summed E-state index contributed by atoms with van der Waals surface area (Å²) in [4.78, 5) is 26.6. The van der Waals surface area contributed by atoms with E-state index in [2.05, 4.69) is 5.32 Å². The summed E-state index contributed by atoms with van der Waals surface area (Å²) in [6.07, 6.45) is -3.18. The molecule has 162 valence electrons. The zero-order valence-electron chi connectivity index (χ0n) is 16.1. The van der Waals surface area contributed by atoms with E-state index in [1.54, 1.807) is 6.08 Å². The molecule has 1 aliphatic heterocycles. The van der Waals surface area contributed by atoms with Gasteiger partial charge in [0.1, 0.15) is 4.32 Å². The number of benzene rings is 2. The first kappa shape index (κ1) is 23.3. The molecule has 0 radical (unpaired) electrons. The van der Waals surface area contributed by atoms with Crippen molar-refractivity contribution in [3.63, 3.8) is 0 Å². The molecule has 0 aliphatic carbocycles. The SMILES string of the molecule is Cc1ccc(/C=C2\SC(=S)N(CCC(=O)Nc3ccc(Cl)cc3C(F)(F)F)C2=O)cc1. The third kappa shape index (κ3) is 5.87. The molecule has 0 bridgehead atoms. The molecule has 2 aromatic rings. The zero-order valence-corrected chi connectivity index (χ0v) is 18.5. The van der Waals surface area contributed by atoms with E-state index < -0.39 is 23.3 Å². The fourth-order valence-corrected chi connectivity index (χ4v) is 4.27. The van der Waals surface area contributed by atoms with Gasteiger partial charge >= 0.3 is 6.18 Å². The average Bonchev–Trinajstić information content (AvgIpc) is 2.95. The Morgan fingerprint density at radius 1 is 1.23 bits per heavy atom. The van der Waals surface area contributed by atoms with Gasteiger partial charge in [-0.25, -0.2) is 0 Å². The number of carbonyl (C=O) groups is 2. The second-order valence-corrected chi connectivity index (χ2v) is 8.84. The number of nitrogens with one attached hydrogen (secondary N) is 1. The third-order valence-corrected chi connectivity index (χ3v) is 5.99. The van der Waals surface area contributed by atoms with Crippen LogP contribution in [0.15, 0.2) is 47.4 Å². The number of aryl methyl sites for hydroxylation is 1. The van der Waals surface area contributed by atoms with Crippen molar-refractivity contribution in [3.05, 3.63) is 69.1 Å². The molecule has 1 fully saturated rings. The van der Waals surface area contributed by atoms with Crippen LogP contribution in [-0.4, -0.2) is 27.6 Å². The van der Waals surface area contributed by atoms with Crippen molar-refractivity contribution in [1.82, 2.24) is 4.90 Å². The highest BCUT2D eigenvalue weighted by Crippen LogP contribution is 2.37. The maximum absolute atomic E-state index is 13.2. The first-order valence-electron chi connectivity index (χ1n) is 9.03. The van der Waals surface area contributed by atoms with Crippen molar-refractivity contribution in [2.75, 3.05) is 11.9 Å². The number of rotatable bonds is 5. The molecule has 3 rings (SSSR count). The minimum atomic E-state index is -4.67. The predicted molar refractivity (Wildman–Crippen MR) is 121 cm³/mol. The van der Waals surface area contributed by atoms with Crippen LogP contribution in [0, 0.1) is 6.92 Å². The zero-order chi connectivity index (χ0) is 22.8. The Morgan fingerprint density at radius 2 is 1.90 bits per heavy atom. The number of halogens is 4. The summed E-state index contributed by atoms with van der Waals surface area (Å²) in [5, 5.41) is 2.14. The van der Waals surface area contributed by atoms with Crippen LogP contribution in [-0.2, 0) is 15.8 Å². The standard InChI is InChI=1S/C21H16ClF3N2O2S2/c1-12-2-4-13(5-3-12)10-17-19(29)27(20(30)31-17)9-8-18(28)26-16-7-6-14(22)11-15(16)21(23,24)25/h2-7,10-11H,8-9H2,1H3,(H,26,28)/b17-10-. The summed E-state index contributed by atoms with van der Waals surface area (Å²) in [5.74, 6) is -1.02. The highest BCUT2D eigenvalue weighted by molar-refractivity contribution is 8.26. The molecular weight excluding hydrogens is 469 g/mol. The molecule has 0 unspecified atom stereocenters. The first-order valence-corrected chi connectivity index (χ1v) is 10.6. The molecule has 1 heterocycles. The van der Waals surface area contributed by atoms with Gasteiger partial charge in [-0.2, -0.15) is 13.2 Å². The van der Waals surface area contributed by atoms with Gasteiger partial charge in [-0.05, 0) is 36.8 Å². The van der Waals surface area contributed by atoms with Crippen molar-refractivity contribution in [2.24, 2.45) is 0 Å². The van der Waals surface area contributed by atoms with E-state index in [0.717, 1.165) is 35.0 Å². The molecular formula is C21H16ClF3N2O2S2. The number of carbonyl (C=O) groups excluding carboxylic acids is 2. The maximum atomic E-state index is 13.2. The monoisotopic (exact) mass is 484 g/mol. The van der Waals surface area contributed by atoms with E-state index in [9.17, 15) is 22.8 Å². The highest BCUT2D eigenvalue weighted by atomic mass is 35.5. The van der Waals surface area contributed by atoms with Gasteiger partial charge in [0, 0.05) is 18.0 Å². The van der Waals surface area contributed by atoms with Gasteiger partial charge in [-0.3, -0.25) is 14.5 Å². The summed E-state index contributed by atoms with van der Waals surface area (Å²) in [5.41, 5.74) is 0.489. The summed E-state index contributed by atoms with van der Waals surface area (Å²) < 4.78 is 39.8. The summed E-state index contributed by atoms with van der Waals surface area (Å²) in [7, 11) is 0. The molecule has 4 nitrogen and oxygen atoms in total. The van der Waals surface area contributed by atoms with Gasteiger partial charge in [-0.15, -0.1) is 0 Å². The van der Waals surface area contributed by atoms with Crippen LogP contribution in [0.4, 0.5) is 18.9 Å². The highest BCUT2D eigenvalue weighted by Gasteiger charge is 2.35. The smallest absolute Gasteiger partial charge is 0.325 e. The molecule has 2 aromatic carbocycles. The van der Waals surface area contributed by atoms with Gasteiger partial charge in [-0.1, -0.05) is 65.4 Å². The van der Waals surface area contributed by atoms with Gasteiger partial charge in [0.25, 0.3) is 5.91 Å². The molecule has 0 spiro atoms. The lowest BCUT2D eigenvalue weighted by Gasteiger charge is -2.16. The van der Waals surface area contributed by atoms with Crippen molar-refractivity contribution < 1.29 is 22.8 Å². The molecule has 1 saturated heterocycles. The topological polar surface area (TPSA) is 49.4 Å². The lowest BCUT2D eigenvalue weighted by molar-refractivity contribution is -0.137. The Hall–Kier alpha value is -2.36. The van der Waals surface area contributed by atoms with E-state index in [4.69, 9.17) is 23.8 Å². The first-order chi connectivity index (χ1) is 14.5. The minimum absolute atomic E-state index is 0.0450. The molecule has 31 heavy (non-hydrogen) atoms. The Labute approximate surface area is 191 Å². The Balaban J connectivity index is 1.65. The van der Waals surface area contributed by atoms with E-state index in [-0.39, 0.29) is 23.9 Å². The number of hydrogen-bond donors (Lipinski definition) is 1. The molecule has 10 heteroatoms. The molecule has 1 N–H and O–H groups in total. The second-order valence-electron chi connectivity index (χ2n) is 6.73. The average molecular weight is 485 g/mol. The Morgan fingerprint density at radius 3 is 2.55 bits per heavy atom. The van der Waals surface area contributed by atoms with Gasteiger partial charge in [0.15, 0.2) is 0 Å². The predicted octanol–water partition coefficient (Wildman–Crippen LogP) is 5.90. The third-order valence-electron chi connectivity index (χ3n) is 4.37. The van der Waals surface area contributed by atoms with Crippen LogP contribution in [0.1, 0.15) is 23.1 Å². The lowest BCUT2D eigenvalue weighted by atomic mass is 10.1. The van der Waals surface area contributed by atoms with Crippen molar-refractivity contribution in [2.45, 2.75) is 19.5 Å². The maximum Gasteiger partial charge on any atom is 0.418 e. The van der Waals surface area contributed by atoms with E-state index in [1.165, 1.54) is 11.0 Å². The summed E-state index contributed by atoms with van der Waals surface area (Å²) in [6, 6.07) is 10.7. The number of thiocarbonyl (C=S) groups is 1. The summed E-state index contributed by atoms with van der Waals surface area (Å²) in [6.45, 7) is 1.91. The molecule has 0 atom stereocenters. The number of amides is 2. The number of nitrogens with zero attached hydrogens (tertiary/aromatic N) is 1. The van der Waals surface area contributed by atoms with Gasteiger partial charge in [0.05, 0.1) is 16.2 Å². The van der Waals surface area contributed by atoms with Crippen molar-refractivity contribution in [1.29, 1.82) is 0 Å². The largest absolute Gasteiger partial charge is 0.418 e. The van der Waals surface area contributed by atoms with Gasteiger partial charge in [0.2, 0.25) is 5.91 Å². The van der Waals surface area contributed by atoms with E-state index in [0.29, 0.717) is 9.23 Å².